The Morgan fingerprint density at radius 2 is 1.89 bits per heavy atom. The Morgan fingerprint density at radius 1 is 1.26 bits per heavy atom. The highest BCUT2D eigenvalue weighted by atomic mass is 32.1. The molecule has 0 atom stereocenters. The Balaban J connectivity index is 2.62. The highest BCUT2D eigenvalue weighted by molar-refractivity contribution is 7.09. The Labute approximate surface area is 119 Å². The second kappa shape index (κ2) is 5.86. The first kappa shape index (κ1) is 15.9. The molecule has 0 saturated heterocycles. The molecule has 6 heteroatoms. The number of amides is 1. The van der Waals surface area contributed by atoms with E-state index in [4.69, 9.17) is 0 Å². The van der Waals surface area contributed by atoms with Crippen molar-refractivity contribution in [1.82, 2.24) is 14.7 Å². The van der Waals surface area contributed by atoms with Crippen LogP contribution in [0, 0.1) is 5.41 Å². The van der Waals surface area contributed by atoms with Crippen LogP contribution < -0.4 is 10.6 Å². The van der Waals surface area contributed by atoms with Crippen LogP contribution in [0.5, 0.6) is 0 Å². The van der Waals surface area contributed by atoms with Crippen LogP contribution in [0.1, 0.15) is 47.4 Å². The molecule has 0 fully saturated rings. The van der Waals surface area contributed by atoms with Crippen molar-refractivity contribution >= 4 is 22.6 Å². The van der Waals surface area contributed by atoms with Crippen LogP contribution in [-0.2, 0) is 10.2 Å². The summed E-state index contributed by atoms with van der Waals surface area (Å²) >= 11 is 1.34. The van der Waals surface area contributed by atoms with Crippen molar-refractivity contribution in [1.29, 1.82) is 0 Å². The lowest BCUT2D eigenvalue weighted by Crippen LogP contribution is -2.41. The lowest BCUT2D eigenvalue weighted by Gasteiger charge is -2.23. The lowest BCUT2D eigenvalue weighted by atomic mass is 9.92. The average Bonchev–Trinajstić information content (AvgIpc) is 2.75. The topological polar surface area (TPSA) is 66.9 Å². The van der Waals surface area contributed by atoms with Gasteiger partial charge in [-0.15, -0.1) is 0 Å². The van der Waals surface area contributed by atoms with Crippen molar-refractivity contribution in [3.63, 3.8) is 0 Å². The summed E-state index contributed by atoms with van der Waals surface area (Å²) in [5.41, 5.74) is -0.519. The monoisotopic (exact) mass is 284 g/mol. The van der Waals surface area contributed by atoms with Gasteiger partial charge < -0.3 is 10.6 Å². The molecule has 0 saturated carbocycles. The highest BCUT2D eigenvalue weighted by Gasteiger charge is 2.27. The molecule has 108 valence electrons. The summed E-state index contributed by atoms with van der Waals surface area (Å²) < 4.78 is 4.34. The standard InChI is InChI=1S/C13H24N4OS/c1-7-14-10(18)13(5,6)8-15-11-16-9(17-19-11)12(2,3)4/h7-8H2,1-6H3,(H,14,18)(H,15,16,17). The van der Waals surface area contributed by atoms with Gasteiger partial charge in [0, 0.05) is 30.0 Å². The minimum atomic E-state index is -0.469. The van der Waals surface area contributed by atoms with E-state index in [-0.39, 0.29) is 11.3 Å². The average molecular weight is 284 g/mol. The van der Waals surface area contributed by atoms with Crippen LogP contribution >= 0.6 is 11.5 Å². The third-order valence-corrected chi connectivity index (χ3v) is 3.40. The van der Waals surface area contributed by atoms with Gasteiger partial charge in [-0.2, -0.15) is 4.37 Å². The van der Waals surface area contributed by atoms with Gasteiger partial charge in [0.05, 0.1) is 5.41 Å². The molecule has 1 rings (SSSR count). The molecule has 1 aromatic heterocycles. The Kier molecular flexibility index (Phi) is 4.90. The van der Waals surface area contributed by atoms with Crippen LogP contribution in [-0.4, -0.2) is 28.4 Å². The molecule has 0 unspecified atom stereocenters. The van der Waals surface area contributed by atoms with E-state index < -0.39 is 5.41 Å². The van der Waals surface area contributed by atoms with Gasteiger partial charge in [0.25, 0.3) is 0 Å². The molecule has 5 nitrogen and oxygen atoms in total. The normalized spacial score (nSPS) is 12.3. The molecule has 1 amide bonds. The number of nitrogens with one attached hydrogen (secondary N) is 2. The van der Waals surface area contributed by atoms with E-state index in [0.29, 0.717) is 13.1 Å². The molecule has 0 aromatic carbocycles. The third-order valence-electron chi connectivity index (χ3n) is 2.73. The maximum absolute atomic E-state index is 11.9. The molecule has 0 radical (unpaired) electrons. The van der Waals surface area contributed by atoms with Gasteiger partial charge in [-0.05, 0) is 20.8 Å². The van der Waals surface area contributed by atoms with E-state index in [1.165, 1.54) is 11.5 Å². The largest absolute Gasteiger partial charge is 0.359 e. The summed E-state index contributed by atoms with van der Waals surface area (Å²) in [6.45, 7) is 13.2. The van der Waals surface area contributed by atoms with Crippen LogP contribution in [0.25, 0.3) is 0 Å². The molecule has 0 bridgehead atoms. The number of aromatic nitrogens is 2. The number of anilines is 1. The molecule has 0 aliphatic rings. The molecular weight excluding hydrogens is 260 g/mol. The van der Waals surface area contributed by atoms with Crippen molar-refractivity contribution in [2.75, 3.05) is 18.4 Å². The maximum Gasteiger partial charge on any atom is 0.227 e. The van der Waals surface area contributed by atoms with Crippen molar-refractivity contribution < 1.29 is 4.79 Å². The van der Waals surface area contributed by atoms with Crippen molar-refractivity contribution in [2.24, 2.45) is 5.41 Å². The number of carbonyl (C=O) groups is 1. The van der Waals surface area contributed by atoms with Crippen molar-refractivity contribution in [2.45, 2.75) is 47.0 Å². The quantitative estimate of drug-likeness (QED) is 0.871. The lowest BCUT2D eigenvalue weighted by molar-refractivity contribution is -0.128. The van der Waals surface area contributed by atoms with E-state index in [2.05, 4.69) is 40.8 Å². The van der Waals surface area contributed by atoms with E-state index in [9.17, 15) is 4.79 Å². The van der Waals surface area contributed by atoms with Crippen molar-refractivity contribution in [3.8, 4) is 0 Å². The van der Waals surface area contributed by atoms with Gasteiger partial charge in [0.1, 0.15) is 5.82 Å². The summed E-state index contributed by atoms with van der Waals surface area (Å²) in [6.07, 6.45) is 0. The van der Waals surface area contributed by atoms with Crippen molar-refractivity contribution in [3.05, 3.63) is 5.82 Å². The number of hydrogen-bond donors (Lipinski definition) is 2. The number of hydrogen-bond acceptors (Lipinski definition) is 5. The predicted octanol–water partition coefficient (Wildman–Crippen LogP) is 2.41. The van der Waals surface area contributed by atoms with Gasteiger partial charge in [-0.3, -0.25) is 4.79 Å². The van der Waals surface area contributed by atoms with Gasteiger partial charge in [-0.1, -0.05) is 20.8 Å². The minimum Gasteiger partial charge on any atom is -0.359 e. The molecule has 19 heavy (non-hydrogen) atoms. The van der Waals surface area contributed by atoms with Gasteiger partial charge in [0.2, 0.25) is 11.0 Å². The summed E-state index contributed by atoms with van der Waals surface area (Å²) in [7, 11) is 0. The summed E-state index contributed by atoms with van der Waals surface area (Å²) in [5, 5.41) is 6.81. The van der Waals surface area contributed by atoms with E-state index in [0.717, 1.165) is 11.0 Å². The first-order valence-electron chi connectivity index (χ1n) is 6.53. The van der Waals surface area contributed by atoms with Gasteiger partial charge >= 0.3 is 0 Å². The minimum absolute atomic E-state index is 0.0445. The highest BCUT2D eigenvalue weighted by Crippen LogP contribution is 2.24. The molecule has 0 aliphatic heterocycles. The van der Waals surface area contributed by atoms with Gasteiger partial charge in [0.15, 0.2) is 0 Å². The van der Waals surface area contributed by atoms with Crippen LogP contribution in [0.3, 0.4) is 0 Å². The molecule has 0 aliphatic carbocycles. The molecule has 1 aromatic rings. The predicted molar refractivity (Wildman–Crippen MR) is 79.6 cm³/mol. The smallest absolute Gasteiger partial charge is 0.227 e. The molecular formula is C13H24N4OS. The zero-order valence-electron chi connectivity index (χ0n) is 12.6. The van der Waals surface area contributed by atoms with E-state index in [1.807, 2.05) is 20.8 Å². The Morgan fingerprint density at radius 3 is 2.37 bits per heavy atom. The van der Waals surface area contributed by atoms with Crippen LogP contribution in [0.2, 0.25) is 0 Å². The Hall–Kier alpha value is -1.17. The maximum atomic E-state index is 11.9. The zero-order valence-corrected chi connectivity index (χ0v) is 13.4. The SMILES string of the molecule is CCNC(=O)C(C)(C)CNc1nc(C(C)(C)C)ns1. The first-order chi connectivity index (χ1) is 8.66. The van der Waals surface area contributed by atoms with E-state index in [1.54, 1.807) is 0 Å². The zero-order chi connectivity index (χ0) is 14.7. The Bertz CT molecular complexity index is 434. The van der Waals surface area contributed by atoms with Gasteiger partial charge in [-0.25, -0.2) is 4.98 Å². The second-order valence-electron chi connectivity index (χ2n) is 6.27. The molecule has 2 N–H and O–H groups in total. The second-order valence-corrected chi connectivity index (χ2v) is 7.02. The van der Waals surface area contributed by atoms with Crippen LogP contribution in [0.15, 0.2) is 0 Å². The van der Waals surface area contributed by atoms with E-state index >= 15 is 0 Å². The fraction of sp³-hybridized carbons (Fsp3) is 0.769. The number of nitrogens with zero attached hydrogens (tertiary/aromatic N) is 2. The summed E-state index contributed by atoms with van der Waals surface area (Å²) in [6, 6.07) is 0. The van der Waals surface area contributed by atoms with Crippen LogP contribution in [0.4, 0.5) is 5.13 Å². The summed E-state index contributed by atoms with van der Waals surface area (Å²) in [4.78, 5) is 16.3. The fourth-order valence-corrected chi connectivity index (χ4v) is 2.13. The number of rotatable bonds is 5. The first-order valence-corrected chi connectivity index (χ1v) is 7.30. The summed E-state index contributed by atoms with van der Waals surface area (Å²) in [5.74, 6) is 0.874. The fourth-order valence-electron chi connectivity index (χ4n) is 1.38. The molecule has 1 heterocycles. The third kappa shape index (κ3) is 4.45. The number of carbonyl (C=O) groups excluding carboxylic acids is 1. The molecule has 0 spiro atoms.